The predicted octanol–water partition coefficient (Wildman–Crippen LogP) is 1.38. The second kappa shape index (κ2) is 5.49. The Balaban J connectivity index is 2.96. The Morgan fingerprint density at radius 3 is 2.75 bits per heavy atom. The number of hydrogen-bond acceptors (Lipinski definition) is 2. The maximum atomic E-state index is 13.6. The topological polar surface area (TPSA) is 75.3 Å². The third-order valence-electron chi connectivity index (χ3n) is 2.33. The van der Waals surface area contributed by atoms with Gasteiger partial charge in [-0.3, -0.25) is 4.55 Å². The summed E-state index contributed by atoms with van der Waals surface area (Å²) < 4.78 is 34.9. The van der Waals surface area contributed by atoms with E-state index in [-0.39, 0.29) is 18.4 Å². The van der Waals surface area contributed by atoms with Gasteiger partial charge in [0.05, 0.1) is 0 Å². The van der Waals surface area contributed by atoms with Crippen LogP contribution in [0.2, 0.25) is 0 Å². The molecule has 16 heavy (non-hydrogen) atoms. The normalized spacial score (nSPS) is 14.8. The largest absolute Gasteiger partial charge is 0.324 e. The molecule has 90 valence electrons. The lowest BCUT2D eigenvalue weighted by molar-refractivity contribution is 0.547. The zero-order valence-electron chi connectivity index (χ0n) is 9.16. The van der Waals surface area contributed by atoms with Crippen molar-refractivity contribution in [1.82, 2.24) is 4.72 Å². The molecule has 0 bridgehead atoms. The lowest BCUT2D eigenvalue weighted by Gasteiger charge is -2.12. The van der Waals surface area contributed by atoms with Gasteiger partial charge >= 0.3 is 0 Å². The van der Waals surface area contributed by atoms with Crippen LogP contribution in [0.25, 0.3) is 0 Å². The molecule has 0 amide bonds. The highest BCUT2D eigenvalue weighted by Crippen LogP contribution is 2.19. The van der Waals surface area contributed by atoms with Gasteiger partial charge in [0.25, 0.3) is 0 Å². The number of nitrogens with one attached hydrogen (secondary N) is 1. The monoisotopic (exact) mass is 246 g/mol. The van der Waals surface area contributed by atoms with E-state index in [9.17, 15) is 8.60 Å². The van der Waals surface area contributed by atoms with Crippen molar-refractivity contribution in [2.24, 2.45) is 5.73 Å². The van der Waals surface area contributed by atoms with E-state index in [0.717, 1.165) is 5.56 Å². The van der Waals surface area contributed by atoms with Gasteiger partial charge in [0.15, 0.2) is 0 Å². The van der Waals surface area contributed by atoms with Gasteiger partial charge in [-0.15, -0.1) is 0 Å². The molecule has 0 spiro atoms. The Morgan fingerprint density at radius 2 is 2.25 bits per heavy atom. The van der Waals surface area contributed by atoms with Gasteiger partial charge in [0, 0.05) is 18.2 Å². The average Bonchev–Trinajstić information content (AvgIpc) is 2.18. The summed E-state index contributed by atoms with van der Waals surface area (Å²) in [5.41, 5.74) is 7.54. The van der Waals surface area contributed by atoms with Crippen molar-refractivity contribution in [2.45, 2.75) is 26.4 Å². The molecule has 6 heteroatoms. The third-order valence-corrected chi connectivity index (χ3v) is 2.72. The van der Waals surface area contributed by atoms with Crippen LogP contribution >= 0.6 is 0 Å². The fourth-order valence-electron chi connectivity index (χ4n) is 1.42. The summed E-state index contributed by atoms with van der Waals surface area (Å²) in [7, 11) is 0. The number of nitrogens with two attached hydrogens (primary N) is 1. The maximum Gasteiger partial charge on any atom is 0.232 e. The molecule has 0 heterocycles. The fraction of sp³-hybridized carbons (Fsp3) is 0.400. The first-order valence-electron chi connectivity index (χ1n) is 4.80. The first-order chi connectivity index (χ1) is 7.41. The van der Waals surface area contributed by atoms with E-state index in [4.69, 9.17) is 10.3 Å². The molecular weight excluding hydrogens is 231 g/mol. The minimum absolute atomic E-state index is 0.144. The number of benzene rings is 1. The molecule has 1 aromatic carbocycles. The Bertz CT molecular complexity index is 410. The Hall–Kier alpha value is -0.820. The van der Waals surface area contributed by atoms with Crippen LogP contribution in [0.3, 0.4) is 0 Å². The lowest BCUT2D eigenvalue weighted by atomic mass is 10.0. The second-order valence-electron chi connectivity index (χ2n) is 3.66. The molecular formula is C10H15FN2O2S. The molecule has 4 N–H and O–H groups in total. The zero-order chi connectivity index (χ0) is 12.3. The summed E-state index contributed by atoms with van der Waals surface area (Å²) in [4.78, 5) is 0. The fourth-order valence-corrected chi connectivity index (χ4v) is 1.70. The van der Waals surface area contributed by atoms with Gasteiger partial charge in [-0.1, -0.05) is 6.07 Å². The molecule has 0 saturated carbocycles. The third kappa shape index (κ3) is 3.34. The van der Waals surface area contributed by atoms with Crippen LogP contribution in [0.15, 0.2) is 12.1 Å². The van der Waals surface area contributed by atoms with Gasteiger partial charge in [-0.25, -0.2) is 13.3 Å². The Kier molecular flexibility index (Phi) is 4.55. The quantitative estimate of drug-likeness (QED) is 0.702. The van der Waals surface area contributed by atoms with Crippen LogP contribution in [0.1, 0.15) is 29.7 Å². The average molecular weight is 246 g/mol. The SMILES string of the molecule is Cc1cc(C(C)N)c(F)cc1CNS(=O)O. The van der Waals surface area contributed by atoms with E-state index in [2.05, 4.69) is 4.72 Å². The number of rotatable bonds is 4. The molecule has 0 aliphatic heterocycles. The summed E-state index contributed by atoms with van der Waals surface area (Å²) in [5, 5.41) is 0. The minimum Gasteiger partial charge on any atom is -0.324 e. The van der Waals surface area contributed by atoms with Gasteiger partial charge in [-0.2, -0.15) is 0 Å². The van der Waals surface area contributed by atoms with Gasteiger partial charge in [0.2, 0.25) is 11.3 Å². The standard InChI is InChI=1S/C10H15FN2O2S/c1-6-3-9(7(2)12)10(11)4-8(6)5-13-16(14)15/h3-4,7,13H,5,12H2,1-2H3,(H,14,15). The molecule has 2 atom stereocenters. The number of aryl methyl sites for hydroxylation is 1. The molecule has 4 nitrogen and oxygen atoms in total. The van der Waals surface area contributed by atoms with Crippen molar-refractivity contribution in [3.63, 3.8) is 0 Å². The molecule has 0 aliphatic rings. The van der Waals surface area contributed by atoms with Crippen molar-refractivity contribution in [3.8, 4) is 0 Å². The highest BCUT2D eigenvalue weighted by molar-refractivity contribution is 7.77. The van der Waals surface area contributed by atoms with Crippen molar-refractivity contribution < 1.29 is 13.2 Å². The summed E-state index contributed by atoms with van der Waals surface area (Å²) in [6.45, 7) is 3.66. The van der Waals surface area contributed by atoms with Crippen LogP contribution in [0, 0.1) is 12.7 Å². The van der Waals surface area contributed by atoms with E-state index in [1.807, 2.05) is 6.92 Å². The van der Waals surface area contributed by atoms with Gasteiger partial charge in [-0.05, 0) is 31.0 Å². The number of halogens is 1. The zero-order valence-corrected chi connectivity index (χ0v) is 9.97. The molecule has 0 fully saturated rings. The minimum atomic E-state index is -2.09. The summed E-state index contributed by atoms with van der Waals surface area (Å²) in [6.07, 6.45) is 0. The van der Waals surface area contributed by atoms with Crippen LogP contribution in [-0.4, -0.2) is 8.76 Å². The molecule has 0 saturated heterocycles. The molecule has 0 aromatic heterocycles. The lowest BCUT2D eigenvalue weighted by Crippen LogP contribution is -2.17. The van der Waals surface area contributed by atoms with E-state index in [1.54, 1.807) is 13.0 Å². The molecule has 0 aliphatic carbocycles. The smallest absolute Gasteiger partial charge is 0.232 e. The highest BCUT2D eigenvalue weighted by atomic mass is 32.2. The summed E-state index contributed by atoms with van der Waals surface area (Å²) in [5.74, 6) is -0.388. The van der Waals surface area contributed by atoms with Crippen molar-refractivity contribution in [2.75, 3.05) is 0 Å². The maximum absolute atomic E-state index is 13.6. The van der Waals surface area contributed by atoms with Gasteiger partial charge < -0.3 is 5.73 Å². The van der Waals surface area contributed by atoms with Gasteiger partial charge in [0.1, 0.15) is 5.82 Å². The Morgan fingerprint density at radius 1 is 1.62 bits per heavy atom. The van der Waals surface area contributed by atoms with E-state index >= 15 is 0 Å². The molecule has 0 radical (unpaired) electrons. The number of hydrogen-bond donors (Lipinski definition) is 3. The van der Waals surface area contributed by atoms with E-state index in [1.165, 1.54) is 6.07 Å². The van der Waals surface area contributed by atoms with E-state index < -0.39 is 11.3 Å². The van der Waals surface area contributed by atoms with Crippen molar-refractivity contribution >= 4 is 11.3 Å². The first kappa shape index (κ1) is 13.2. The highest BCUT2D eigenvalue weighted by Gasteiger charge is 2.10. The first-order valence-corrected chi connectivity index (χ1v) is 5.91. The van der Waals surface area contributed by atoms with Crippen molar-refractivity contribution in [3.05, 3.63) is 34.6 Å². The van der Waals surface area contributed by atoms with E-state index in [0.29, 0.717) is 11.1 Å². The Labute approximate surface area is 96.5 Å². The van der Waals surface area contributed by atoms with Crippen LogP contribution in [0.4, 0.5) is 4.39 Å². The van der Waals surface area contributed by atoms with Crippen molar-refractivity contribution in [1.29, 1.82) is 0 Å². The second-order valence-corrected chi connectivity index (χ2v) is 4.45. The van der Waals surface area contributed by atoms with Crippen LogP contribution in [-0.2, 0) is 17.8 Å². The van der Waals surface area contributed by atoms with Crippen LogP contribution < -0.4 is 10.5 Å². The summed E-state index contributed by atoms with van der Waals surface area (Å²) in [6, 6.07) is 2.64. The molecule has 2 unspecified atom stereocenters. The molecule has 1 aromatic rings. The summed E-state index contributed by atoms with van der Waals surface area (Å²) >= 11 is -2.09. The van der Waals surface area contributed by atoms with Crippen LogP contribution in [0.5, 0.6) is 0 Å². The molecule has 1 rings (SSSR count). The predicted molar refractivity (Wildman–Crippen MR) is 61.4 cm³/mol.